The van der Waals surface area contributed by atoms with Gasteiger partial charge in [0.25, 0.3) is 0 Å². The van der Waals surface area contributed by atoms with Crippen molar-refractivity contribution in [2.45, 2.75) is 77.2 Å². The zero-order valence-electron chi connectivity index (χ0n) is 11.6. The molecule has 2 aliphatic carbocycles. The quantitative estimate of drug-likeness (QED) is 0.727. The first-order valence-electron chi connectivity index (χ1n) is 7.36. The minimum absolute atomic E-state index is 0.0351. The van der Waals surface area contributed by atoms with Crippen molar-refractivity contribution in [2.75, 3.05) is 6.54 Å². The Labute approximate surface area is 106 Å². The van der Waals surface area contributed by atoms with E-state index in [1.54, 1.807) is 0 Å². The van der Waals surface area contributed by atoms with Gasteiger partial charge < -0.3 is 10.8 Å². The molecule has 0 heterocycles. The molecule has 0 radical (unpaired) electrons. The van der Waals surface area contributed by atoms with Crippen LogP contribution in [-0.2, 0) is 0 Å². The summed E-state index contributed by atoms with van der Waals surface area (Å²) in [5.74, 6) is 0. The number of hydrogen-bond acceptors (Lipinski definition) is 2. The minimum Gasteiger partial charge on any atom is -0.389 e. The van der Waals surface area contributed by atoms with Crippen molar-refractivity contribution in [3.05, 3.63) is 0 Å². The molecule has 2 fully saturated rings. The van der Waals surface area contributed by atoms with E-state index in [9.17, 15) is 5.11 Å². The summed E-state index contributed by atoms with van der Waals surface area (Å²) in [6.07, 6.45) is 10.3. The molecule has 0 aliphatic heterocycles. The molecule has 0 spiro atoms. The van der Waals surface area contributed by atoms with Crippen LogP contribution in [0.25, 0.3) is 0 Å². The average Bonchev–Trinajstić information content (AvgIpc) is 2.71. The molecule has 0 aromatic carbocycles. The van der Waals surface area contributed by atoms with Crippen molar-refractivity contribution in [1.29, 1.82) is 0 Å². The monoisotopic (exact) mass is 239 g/mol. The Morgan fingerprint density at radius 3 is 2.12 bits per heavy atom. The number of rotatable bonds is 2. The molecule has 2 rings (SSSR count). The Balaban J connectivity index is 2.17. The van der Waals surface area contributed by atoms with Crippen molar-refractivity contribution in [3.8, 4) is 0 Å². The van der Waals surface area contributed by atoms with Gasteiger partial charge in [-0.25, -0.2) is 0 Å². The first kappa shape index (κ1) is 13.4. The van der Waals surface area contributed by atoms with Gasteiger partial charge in [0.1, 0.15) is 0 Å². The summed E-state index contributed by atoms with van der Waals surface area (Å²) in [5, 5.41) is 11.2. The molecule has 1 unspecified atom stereocenters. The average molecular weight is 239 g/mol. The van der Waals surface area contributed by atoms with Gasteiger partial charge in [0.15, 0.2) is 0 Å². The first-order chi connectivity index (χ1) is 7.93. The second-order valence-electron chi connectivity index (χ2n) is 7.24. The van der Waals surface area contributed by atoms with Gasteiger partial charge in [-0.15, -0.1) is 0 Å². The van der Waals surface area contributed by atoms with Gasteiger partial charge in [-0.05, 0) is 43.9 Å². The summed E-state index contributed by atoms with van der Waals surface area (Å²) in [5.41, 5.74) is 6.00. The van der Waals surface area contributed by atoms with Gasteiger partial charge in [0.05, 0.1) is 5.60 Å². The fourth-order valence-electron chi connectivity index (χ4n) is 4.10. The number of nitrogens with two attached hydrogens (primary N) is 1. The van der Waals surface area contributed by atoms with Crippen molar-refractivity contribution < 1.29 is 5.11 Å². The minimum atomic E-state index is -0.480. The van der Waals surface area contributed by atoms with Crippen LogP contribution in [0.5, 0.6) is 0 Å². The van der Waals surface area contributed by atoms with E-state index in [-0.39, 0.29) is 5.41 Å². The summed E-state index contributed by atoms with van der Waals surface area (Å²) in [6, 6.07) is 0. The highest BCUT2D eigenvalue weighted by Gasteiger charge is 2.51. The van der Waals surface area contributed by atoms with Crippen LogP contribution in [0.4, 0.5) is 0 Å². The lowest BCUT2D eigenvalue weighted by atomic mass is 9.66. The highest BCUT2D eigenvalue weighted by Crippen LogP contribution is 2.52. The fraction of sp³-hybridized carbons (Fsp3) is 1.00. The molecule has 2 heteroatoms. The predicted molar refractivity (Wildman–Crippen MR) is 71.8 cm³/mol. The van der Waals surface area contributed by atoms with E-state index < -0.39 is 5.60 Å². The summed E-state index contributed by atoms with van der Waals surface area (Å²) >= 11 is 0. The SMILES string of the molecule is CC1(C)CCCC(O)(C2(CN)CCCC2)CC1. The van der Waals surface area contributed by atoms with E-state index in [0.717, 1.165) is 38.5 Å². The van der Waals surface area contributed by atoms with Crippen LogP contribution in [0.15, 0.2) is 0 Å². The molecule has 100 valence electrons. The second-order valence-corrected chi connectivity index (χ2v) is 7.24. The maximum Gasteiger partial charge on any atom is 0.0716 e. The van der Waals surface area contributed by atoms with Crippen LogP contribution in [-0.4, -0.2) is 17.3 Å². The van der Waals surface area contributed by atoms with Gasteiger partial charge >= 0.3 is 0 Å². The maximum absolute atomic E-state index is 11.2. The third kappa shape index (κ3) is 2.39. The molecule has 1 atom stereocenters. The third-order valence-electron chi connectivity index (χ3n) is 5.60. The summed E-state index contributed by atoms with van der Waals surface area (Å²) < 4.78 is 0. The standard InChI is InChI=1S/C15H29NO/c1-13(2)6-5-9-15(17,11-10-13)14(12-16)7-3-4-8-14/h17H,3-12,16H2,1-2H3. The molecular formula is C15H29NO. The van der Waals surface area contributed by atoms with E-state index in [1.165, 1.54) is 19.3 Å². The van der Waals surface area contributed by atoms with E-state index in [1.807, 2.05) is 0 Å². The zero-order valence-corrected chi connectivity index (χ0v) is 11.6. The molecule has 2 nitrogen and oxygen atoms in total. The van der Waals surface area contributed by atoms with Crippen LogP contribution < -0.4 is 5.73 Å². The first-order valence-corrected chi connectivity index (χ1v) is 7.36. The fourth-order valence-corrected chi connectivity index (χ4v) is 4.10. The van der Waals surface area contributed by atoms with Crippen molar-refractivity contribution >= 4 is 0 Å². The Morgan fingerprint density at radius 1 is 0.882 bits per heavy atom. The Bertz CT molecular complexity index is 268. The Kier molecular flexibility index (Phi) is 3.57. The predicted octanol–water partition coefficient (Wildman–Crippen LogP) is 3.23. The largest absolute Gasteiger partial charge is 0.389 e. The van der Waals surface area contributed by atoms with Crippen molar-refractivity contribution in [1.82, 2.24) is 0 Å². The van der Waals surface area contributed by atoms with Crippen LogP contribution in [0, 0.1) is 10.8 Å². The van der Waals surface area contributed by atoms with Crippen LogP contribution >= 0.6 is 0 Å². The summed E-state index contributed by atoms with van der Waals surface area (Å²) in [7, 11) is 0. The van der Waals surface area contributed by atoms with E-state index in [4.69, 9.17) is 5.73 Å². The highest BCUT2D eigenvalue weighted by molar-refractivity contribution is 5.03. The molecule has 0 saturated heterocycles. The zero-order chi connectivity index (χ0) is 12.6. The van der Waals surface area contributed by atoms with Crippen molar-refractivity contribution in [2.24, 2.45) is 16.6 Å². The second kappa shape index (κ2) is 4.55. The topological polar surface area (TPSA) is 46.2 Å². The molecule has 0 bridgehead atoms. The van der Waals surface area contributed by atoms with E-state index >= 15 is 0 Å². The molecule has 0 aromatic heterocycles. The molecule has 2 aliphatic rings. The van der Waals surface area contributed by atoms with Gasteiger partial charge in [-0.3, -0.25) is 0 Å². The Morgan fingerprint density at radius 2 is 1.53 bits per heavy atom. The van der Waals surface area contributed by atoms with E-state index in [0.29, 0.717) is 12.0 Å². The van der Waals surface area contributed by atoms with Gasteiger partial charge in [0.2, 0.25) is 0 Å². The highest BCUT2D eigenvalue weighted by atomic mass is 16.3. The molecule has 3 N–H and O–H groups in total. The van der Waals surface area contributed by atoms with Crippen molar-refractivity contribution in [3.63, 3.8) is 0 Å². The normalized spacial score (nSPS) is 36.7. The van der Waals surface area contributed by atoms with Crippen LogP contribution in [0.3, 0.4) is 0 Å². The van der Waals surface area contributed by atoms with Gasteiger partial charge in [0, 0.05) is 12.0 Å². The van der Waals surface area contributed by atoms with E-state index in [2.05, 4.69) is 13.8 Å². The molecule has 2 saturated carbocycles. The lowest BCUT2D eigenvalue weighted by Crippen LogP contribution is -2.51. The Hall–Kier alpha value is -0.0800. The summed E-state index contributed by atoms with van der Waals surface area (Å²) in [6.45, 7) is 5.34. The number of hydrogen-bond donors (Lipinski definition) is 2. The molecule has 17 heavy (non-hydrogen) atoms. The number of aliphatic hydroxyl groups is 1. The van der Waals surface area contributed by atoms with Crippen LogP contribution in [0.2, 0.25) is 0 Å². The van der Waals surface area contributed by atoms with Gasteiger partial charge in [-0.1, -0.05) is 33.1 Å². The van der Waals surface area contributed by atoms with Crippen LogP contribution in [0.1, 0.15) is 71.6 Å². The third-order valence-corrected chi connectivity index (χ3v) is 5.60. The molecule has 0 aromatic rings. The van der Waals surface area contributed by atoms with Gasteiger partial charge in [-0.2, -0.15) is 0 Å². The molecule has 0 amide bonds. The lowest BCUT2D eigenvalue weighted by Gasteiger charge is -2.45. The maximum atomic E-state index is 11.2. The summed E-state index contributed by atoms with van der Waals surface area (Å²) in [4.78, 5) is 0. The lowest BCUT2D eigenvalue weighted by molar-refractivity contribution is -0.0906. The molecular weight excluding hydrogens is 210 g/mol. The smallest absolute Gasteiger partial charge is 0.0716 e.